The molecule has 0 aromatic carbocycles. The highest BCUT2D eigenvalue weighted by atomic mass is 32.2. The first kappa shape index (κ1) is 16.7. The monoisotopic (exact) mass is 305 g/mol. The van der Waals surface area contributed by atoms with Gasteiger partial charge < -0.3 is 9.47 Å². The van der Waals surface area contributed by atoms with E-state index in [9.17, 15) is 21.6 Å². The van der Waals surface area contributed by atoms with Crippen molar-refractivity contribution in [3.63, 3.8) is 0 Å². The van der Waals surface area contributed by atoms with Crippen molar-refractivity contribution in [3.8, 4) is 0 Å². The van der Waals surface area contributed by atoms with E-state index in [4.69, 9.17) is 14.6 Å². The third-order valence-electron chi connectivity index (χ3n) is 3.00. The average molecular weight is 305 g/mol. The second-order valence-electron chi connectivity index (χ2n) is 4.84. The van der Waals surface area contributed by atoms with Crippen molar-refractivity contribution in [2.24, 2.45) is 10.6 Å². The van der Waals surface area contributed by atoms with Gasteiger partial charge in [0.2, 0.25) is 10.0 Å². The number of rotatable bonds is 6. The molecular weight excluding hydrogens is 287 g/mol. The van der Waals surface area contributed by atoms with Crippen LogP contribution < -0.4 is 5.14 Å². The Labute approximate surface area is 110 Å². The van der Waals surface area contributed by atoms with Crippen LogP contribution in [0.25, 0.3) is 0 Å². The number of hydrogen-bond acceptors (Lipinski definition) is 4. The van der Waals surface area contributed by atoms with Crippen molar-refractivity contribution in [2.75, 3.05) is 32.2 Å². The summed E-state index contributed by atoms with van der Waals surface area (Å²) in [5.41, 5.74) is -0.739. The molecule has 1 aliphatic heterocycles. The number of alkyl halides is 3. The second kappa shape index (κ2) is 6.38. The third-order valence-corrected chi connectivity index (χ3v) is 4.01. The zero-order valence-electron chi connectivity index (χ0n) is 10.4. The van der Waals surface area contributed by atoms with Crippen LogP contribution in [-0.4, -0.2) is 46.8 Å². The Morgan fingerprint density at radius 3 is 2.32 bits per heavy atom. The number of primary sulfonamides is 1. The van der Waals surface area contributed by atoms with Crippen molar-refractivity contribution in [1.82, 2.24) is 0 Å². The maximum Gasteiger partial charge on any atom is 0.391 e. The Kier molecular flexibility index (Phi) is 5.60. The highest BCUT2D eigenvalue weighted by molar-refractivity contribution is 7.89. The fraction of sp³-hybridized carbons (Fsp3) is 1.00. The maximum absolute atomic E-state index is 12.0. The minimum atomic E-state index is -4.28. The van der Waals surface area contributed by atoms with Crippen LogP contribution in [0.3, 0.4) is 0 Å². The standard InChI is InChI=1S/C10H18F3NO4S/c11-10(12,13)3-6-18-7-9(8-19(14,15)16)1-4-17-5-2-9/h1-8H2,(H2,14,15,16). The van der Waals surface area contributed by atoms with Crippen LogP contribution in [-0.2, 0) is 19.5 Å². The molecule has 0 radical (unpaired) electrons. The van der Waals surface area contributed by atoms with Gasteiger partial charge in [0, 0.05) is 18.6 Å². The van der Waals surface area contributed by atoms with Crippen LogP contribution in [0.2, 0.25) is 0 Å². The summed E-state index contributed by atoms with van der Waals surface area (Å²) >= 11 is 0. The van der Waals surface area contributed by atoms with E-state index >= 15 is 0 Å². The molecule has 19 heavy (non-hydrogen) atoms. The summed E-state index contributed by atoms with van der Waals surface area (Å²) in [6.07, 6.45) is -4.50. The van der Waals surface area contributed by atoms with E-state index in [0.717, 1.165) is 0 Å². The lowest BCUT2D eigenvalue weighted by Crippen LogP contribution is -2.42. The molecule has 1 aliphatic rings. The van der Waals surface area contributed by atoms with E-state index < -0.39 is 34.6 Å². The van der Waals surface area contributed by atoms with Gasteiger partial charge in [-0.05, 0) is 12.8 Å². The number of hydrogen-bond donors (Lipinski definition) is 1. The van der Waals surface area contributed by atoms with Crippen molar-refractivity contribution < 1.29 is 31.1 Å². The van der Waals surface area contributed by atoms with Gasteiger partial charge in [-0.2, -0.15) is 13.2 Å². The third kappa shape index (κ3) is 7.09. The summed E-state index contributed by atoms with van der Waals surface area (Å²) in [6, 6.07) is 0. The molecule has 0 atom stereocenters. The van der Waals surface area contributed by atoms with Gasteiger partial charge in [0.05, 0.1) is 25.4 Å². The molecule has 0 amide bonds. The smallest absolute Gasteiger partial charge is 0.381 e. The van der Waals surface area contributed by atoms with Gasteiger partial charge in [0.25, 0.3) is 0 Å². The Morgan fingerprint density at radius 1 is 1.26 bits per heavy atom. The van der Waals surface area contributed by atoms with E-state index in [0.29, 0.717) is 26.1 Å². The van der Waals surface area contributed by atoms with E-state index in [1.54, 1.807) is 0 Å². The average Bonchev–Trinajstić information content (AvgIpc) is 2.22. The molecule has 0 aliphatic carbocycles. The minimum absolute atomic E-state index is 0.0527. The molecule has 2 N–H and O–H groups in total. The normalized spacial score (nSPS) is 20.4. The summed E-state index contributed by atoms with van der Waals surface area (Å²) in [5, 5.41) is 5.02. The molecule has 1 saturated heterocycles. The van der Waals surface area contributed by atoms with Gasteiger partial charge in [-0.25, -0.2) is 13.6 Å². The molecule has 1 heterocycles. The molecule has 9 heteroatoms. The summed E-state index contributed by atoms with van der Waals surface area (Å²) in [6.45, 7) is 0.190. The van der Waals surface area contributed by atoms with Crippen LogP contribution in [0.15, 0.2) is 0 Å². The Balaban J connectivity index is 2.51. The van der Waals surface area contributed by atoms with Crippen LogP contribution in [0.4, 0.5) is 13.2 Å². The zero-order chi connectivity index (χ0) is 14.6. The summed E-state index contributed by atoms with van der Waals surface area (Å²) in [4.78, 5) is 0. The van der Waals surface area contributed by atoms with Crippen molar-refractivity contribution in [3.05, 3.63) is 0 Å². The van der Waals surface area contributed by atoms with Gasteiger partial charge in [-0.1, -0.05) is 0 Å². The second-order valence-corrected chi connectivity index (χ2v) is 6.45. The summed E-state index contributed by atoms with van der Waals surface area (Å²) in [5.74, 6) is -0.296. The molecule has 0 unspecified atom stereocenters. The number of sulfonamides is 1. The minimum Gasteiger partial charge on any atom is -0.381 e. The molecule has 0 aromatic rings. The summed E-state index contributed by atoms with van der Waals surface area (Å²) < 4.78 is 68.4. The number of ether oxygens (including phenoxy) is 2. The lowest BCUT2D eigenvalue weighted by Gasteiger charge is -2.36. The van der Waals surface area contributed by atoms with E-state index in [1.165, 1.54) is 0 Å². The predicted molar refractivity (Wildman–Crippen MR) is 62.0 cm³/mol. The first-order valence-electron chi connectivity index (χ1n) is 5.85. The fourth-order valence-corrected chi connectivity index (χ4v) is 3.26. The van der Waals surface area contributed by atoms with Gasteiger partial charge in [0.1, 0.15) is 0 Å². The van der Waals surface area contributed by atoms with Crippen LogP contribution in [0.1, 0.15) is 19.3 Å². The van der Waals surface area contributed by atoms with Crippen molar-refractivity contribution in [1.29, 1.82) is 0 Å². The van der Waals surface area contributed by atoms with Gasteiger partial charge in [0.15, 0.2) is 0 Å². The van der Waals surface area contributed by atoms with E-state index in [2.05, 4.69) is 0 Å². The fourth-order valence-electron chi connectivity index (χ4n) is 2.04. The van der Waals surface area contributed by atoms with Gasteiger partial charge in [-0.3, -0.25) is 0 Å². The molecule has 114 valence electrons. The predicted octanol–water partition coefficient (Wildman–Crippen LogP) is 1.04. The molecule has 5 nitrogen and oxygen atoms in total. The topological polar surface area (TPSA) is 78.6 Å². The summed E-state index contributed by atoms with van der Waals surface area (Å²) in [7, 11) is -3.71. The Hall–Kier alpha value is -0.380. The first-order chi connectivity index (χ1) is 8.62. The Bertz CT molecular complexity index is 377. The van der Waals surface area contributed by atoms with E-state index in [1.807, 2.05) is 0 Å². The number of nitrogens with two attached hydrogens (primary N) is 1. The van der Waals surface area contributed by atoms with Crippen molar-refractivity contribution >= 4 is 10.0 Å². The largest absolute Gasteiger partial charge is 0.391 e. The molecular formula is C10H18F3NO4S. The molecule has 0 saturated carbocycles. The van der Waals surface area contributed by atoms with Crippen LogP contribution >= 0.6 is 0 Å². The lowest BCUT2D eigenvalue weighted by atomic mass is 9.83. The molecule has 0 aromatic heterocycles. The van der Waals surface area contributed by atoms with Gasteiger partial charge >= 0.3 is 6.18 Å². The SMILES string of the molecule is NS(=O)(=O)CC1(COCCC(F)(F)F)CCOCC1. The van der Waals surface area contributed by atoms with Crippen molar-refractivity contribution in [2.45, 2.75) is 25.4 Å². The highest BCUT2D eigenvalue weighted by Gasteiger charge is 2.37. The highest BCUT2D eigenvalue weighted by Crippen LogP contribution is 2.32. The van der Waals surface area contributed by atoms with Gasteiger partial charge in [-0.15, -0.1) is 0 Å². The molecule has 1 fully saturated rings. The Morgan fingerprint density at radius 2 is 1.84 bits per heavy atom. The zero-order valence-corrected chi connectivity index (χ0v) is 11.2. The van der Waals surface area contributed by atoms with Crippen LogP contribution in [0.5, 0.6) is 0 Å². The lowest BCUT2D eigenvalue weighted by molar-refractivity contribution is -0.149. The molecule has 0 bridgehead atoms. The van der Waals surface area contributed by atoms with E-state index in [-0.39, 0.29) is 12.4 Å². The molecule has 1 rings (SSSR count). The quantitative estimate of drug-likeness (QED) is 0.744. The molecule has 0 spiro atoms. The van der Waals surface area contributed by atoms with Crippen LogP contribution in [0, 0.1) is 5.41 Å². The maximum atomic E-state index is 12.0. The number of halogens is 3. The first-order valence-corrected chi connectivity index (χ1v) is 7.56.